The molecule has 0 saturated heterocycles. The second kappa shape index (κ2) is 5.19. The molecule has 0 fully saturated rings. The fourth-order valence-electron chi connectivity index (χ4n) is 2.10. The Morgan fingerprint density at radius 2 is 1.94 bits per heavy atom. The maximum Gasteiger partial charge on any atom is 0.122 e. The van der Waals surface area contributed by atoms with Crippen LogP contribution in [0.2, 0.25) is 0 Å². The molecule has 0 radical (unpaired) electrons. The fourth-order valence-corrected chi connectivity index (χ4v) is 2.10. The lowest BCUT2D eigenvalue weighted by atomic mass is 9.98. The van der Waals surface area contributed by atoms with E-state index in [-0.39, 0.29) is 6.10 Å². The van der Waals surface area contributed by atoms with E-state index in [2.05, 4.69) is 18.2 Å². The molecule has 2 aromatic carbocycles. The van der Waals surface area contributed by atoms with Crippen LogP contribution in [0.15, 0.2) is 36.4 Å². The van der Waals surface area contributed by atoms with Crippen LogP contribution in [0.5, 0.6) is 5.75 Å². The van der Waals surface area contributed by atoms with E-state index in [9.17, 15) is 5.11 Å². The van der Waals surface area contributed by atoms with E-state index in [1.54, 1.807) is 7.11 Å². The van der Waals surface area contributed by atoms with E-state index in [1.807, 2.05) is 25.1 Å². The van der Waals surface area contributed by atoms with Crippen molar-refractivity contribution < 1.29 is 9.84 Å². The summed E-state index contributed by atoms with van der Waals surface area (Å²) in [7, 11) is 1.67. The van der Waals surface area contributed by atoms with Crippen molar-refractivity contribution in [2.75, 3.05) is 7.11 Å². The number of hydrogen-bond acceptors (Lipinski definition) is 2. The molecule has 1 atom stereocenters. The van der Waals surface area contributed by atoms with Crippen LogP contribution >= 0.6 is 0 Å². The molecule has 0 saturated carbocycles. The Hall–Kier alpha value is -1.54. The molecule has 0 bridgehead atoms. The van der Waals surface area contributed by atoms with Gasteiger partial charge in [0.2, 0.25) is 0 Å². The quantitative estimate of drug-likeness (QED) is 0.874. The van der Waals surface area contributed by atoms with E-state index < -0.39 is 0 Å². The molecule has 1 N–H and O–H groups in total. The molecule has 0 spiro atoms. The van der Waals surface area contributed by atoms with Gasteiger partial charge in [0.25, 0.3) is 0 Å². The third kappa shape index (κ3) is 2.42. The summed E-state index contributed by atoms with van der Waals surface area (Å²) in [6, 6.07) is 12.2. The minimum atomic E-state index is -0.310. The van der Waals surface area contributed by atoms with Gasteiger partial charge in [0, 0.05) is 12.0 Å². The second-order valence-corrected chi connectivity index (χ2v) is 4.23. The van der Waals surface area contributed by atoms with Gasteiger partial charge in [-0.05, 0) is 23.3 Å². The number of benzene rings is 2. The average Bonchev–Trinajstić information content (AvgIpc) is 2.39. The number of ether oxygens (including phenoxy) is 1. The highest BCUT2D eigenvalue weighted by atomic mass is 16.5. The van der Waals surface area contributed by atoms with Gasteiger partial charge in [0.05, 0.1) is 13.2 Å². The van der Waals surface area contributed by atoms with E-state index in [0.29, 0.717) is 6.42 Å². The topological polar surface area (TPSA) is 29.5 Å². The van der Waals surface area contributed by atoms with Crippen molar-refractivity contribution in [3.63, 3.8) is 0 Å². The highest BCUT2D eigenvalue weighted by Crippen LogP contribution is 2.29. The Bertz CT molecular complexity index is 505. The van der Waals surface area contributed by atoms with Gasteiger partial charge in [-0.25, -0.2) is 0 Å². The Balaban J connectivity index is 2.54. The molecule has 2 rings (SSSR count). The van der Waals surface area contributed by atoms with Gasteiger partial charge in [-0.1, -0.05) is 37.3 Å². The fraction of sp³-hybridized carbons (Fsp3) is 0.333. The minimum Gasteiger partial charge on any atom is -0.496 e. The van der Waals surface area contributed by atoms with Crippen molar-refractivity contribution in [1.82, 2.24) is 0 Å². The van der Waals surface area contributed by atoms with E-state index >= 15 is 0 Å². The van der Waals surface area contributed by atoms with Crippen molar-refractivity contribution >= 4 is 10.8 Å². The standard InChI is InChI=1S/C15H18O2/c1-3-12(16)10-14-13-7-5-4-6-11(13)8-9-15(14)17-2/h4-9,12,16H,3,10H2,1-2H3. The largest absolute Gasteiger partial charge is 0.496 e. The summed E-state index contributed by atoms with van der Waals surface area (Å²) >= 11 is 0. The molecule has 17 heavy (non-hydrogen) atoms. The Labute approximate surface area is 102 Å². The number of aliphatic hydroxyl groups is 1. The maximum absolute atomic E-state index is 9.84. The SMILES string of the molecule is CCC(O)Cc1c(OC)ccc2ccccc12. The summed E-state index contributed by atoms with van der Waals surface area (Å²) in [5.41, 5.74) is 1.10. The van der Waals surface area contributed by atoms with E-state index in [1.165, 1.54) is 10.8 Å². The third-order valence-corrected chi connectivity index (χ3v) is 3.13. The third-order valence-electron chi connectivity index (χ3n) is 3.13. The van der Waals surface area contributed by atoms with Gasteiger partial charge in [-0.2, -0.15) is 0 Å². The summed E-state index contributed by atoms with van der Waals surface area (Å²) in [6.45, 7) is 1.99. The molecule has 0 aromatic heterocycles. The number of aliphatic hydroxyl groups excluding tert-OH is 1. The minimum absolute atomic E-state index is 0.310. The first-order valence-corrected chi connectivity index (χ1v) is 5.99. The highest BCUT2D eigenvalue weighted by molar-refractivity contribution is 5.87. The first kappa shape index (κ1) is 11.9. The number of hydrogen-bond donors (Lipinski definition) is 1. The van der Waals surface area contributed by atoms with Gasteiger partial charge in [-0.15, -0.1) is 0 Å². The lowest BCUT2D eigenvalue weighted by Crippen LogP contribution is -2.09. The lowest BCUT2D eigenvalue weighted by molar-refractivity contribution is 0.170. The van der Waals surface area contributed by atoms with Crippen LogP contribution in [0.3, 0.4) is 0 Å². The zero-order valence-corrected chi connectivity index (χ0v) is 10.3. The Morgan fingerprint density at radius 1 is 1.18 bits per heavy atom. The number of rotatable bonds is 4. The molecule has 90 valence electrons. The number of fused-ring (bicyclic) bond motifs is 1. The van der Waals surface area contributed by atoms with Gasteiger partial charge in [-0.3, -0.25) is 0 Å². The maximum atomic E-state index is 9.84. The van der Waals surface area contributed by atoms with Crippen LogP contribution in [-0.2, 0) is 6.42 Å². The summed E-state index contributed by atoms with van der Waals surface area (Å²) in [4.78, 5) is 0. The van der Waals surface area contributed by atoms with Crippen molar-refractivity contribution in [3.05, 3.63) is 42.0 Å². The van der Waals surface area contributed by atoms with Crippen molar-refractivity contribution in [3.8, 4) is 5.75 Å². The Morgan fingerprint density at radius 3 is 2.65 bits per heavy atom. The molecule has 0 aliphatic carbocycles. The molecule has 2 aromatic rings. The summed E-state index contributed by atoms with van der Waals surface area (Å²) < 4.78 is 5.39. The van der Waals surface area contributed by atoms with Gasteiger partial charge >= 0.3 is 0 Å². The van der Waals surface area contributed by atoms with Crippen molar-refractivity contribution in [1.29, 1.82) is 0 Å². The Kier molecular flexibility index (Phi) is 3.64. The summed E-state index contributed by atoms with van der Waals surface area (Å²) in [5.74, 6) is 0.858. The van der Waals surface area contributed by atoms with Gasteiger partial charge in [0.1, 0.15) is 5.75 Å². The normalized spacial score (nSPS) is 12.6. The molecule has 1 unspecified atom stereocenters. The molecule has 0 amide bonds. The predicted molar refractivity (Wildman–Crippen MR) is 70.5 cm³/mol. The first-order valence-electron chi connectivity index (χ1n) is 5.99. The van der Waals surface area contributed by atoms with Gasteiger partial charge < -0.3 is 9.84 Å². The lowest BCUT2D eigenvalue weighted by Gasteiger charge is -2.14. The highest BCUT2D eigenvalue weighted by Gasteiger charge is 2.11. The molecule has 2 nitrogen and oxygen atoms in total. The van der Waals surface area contributed by atoms with E-state index in [0.717, 1.165) is 17.7 Å². The molecular weight excluding hydrogens is 212 g/mol. The molecule has 0 heterocycles. The van der Waals surface area contributed by atoms with Crippen molar-refractivity contribution in [2.24, 2.45) is 0 Å². The predicted octanol–water partition coefficient (Wildman–Crippen LogP) is 3.16. The van der Waals surface area contributed by atoms with Crippen LogP contribution in [0, 0.1) is 0 Å². The molecule has 0 aliphatic rings. The van der Waals surface area contributed by atoms with Gasteiger partial charge in [0.15, 0.2) is 0 Å². The molecule has 2 heteroatoms. The summed E-state index contributed by atoms with van der Waals surface area (Å²) in [6.07, 6.45) is 1.09. The van der Waals surface area contributed by atoms with E-state index in [4.69, 9.17) is 4.74 Å². The van der Waals surface area contributed by atoms with Crippen molar-refractivity contribution in [2.45, 2.75) is 25.9 Å². The van der Waals surface area contributed by atoms with Crippen LogP contribution < -0.4 is 4.74 Å². The molecular formula is C15H18O2. The van der Waals surface area contributed by atoms with Crippen LogP contribution in [-0.4, -0.2) is 18.3 Å². The average molecular weight is 230 g/mol. The van der Waals surface area contributed by atoms with Crippen LogP contribution in [0.1, 0.15) is 18.9 Å². The smallest absolute Gasteiger partial charge is 0.122 e. The zero-order chi connectivity index (χ0) is 12.3. The number of methoxy groups -OCH3 is 1. The monoisotopic (exact) mass is 230 g/mol. The van der Waals surface area contributed by atoms with Crippen LogP contribution in [0.25, 0.3) is 10.8 Å². The molecule has 0 aliphatic heterocycles. The van der Waals surface area contributed by atoms with Crippen LogP contribution in [0.4, 0.5) is 0 Å². The first-order chi connectivity index (χ1) is 8.26. The summed E-state index contributed by atoms with van der Waals surface area (Å²) in [5, 5.41) is 12.2. The zero-order valence-electron chi connectivity index (χ0n) is 10.3. The second-order valence-electron chi connectivity index (χ2n) is 4.23.